The molecule has 0 spiro atoms. The standard InChI is InChI=1S/C12H26N2O5S/c1-3-4-11(5-6-12(15)16)7-8-13-20(17,18)14-9-10-19-2/h11,13-14H,3-10H2,1-2H3,(H,15,16). The van der Waals surface area contributed by atoms with E-state index in [1.165, 1.54) is 7.11 Å². The van der Waals surface area contributed by atoms with Crippen LogP contribution in [0.15, 0.2) is 0 Å². The second kappa shape index (κ2) is 11.0. The number of ether oxygens (including phenoxy) is 1. The lowest BCUT2D eigenvalue weighted by atomic mass is 9.95. The van der Waals surface area contributed by atoms with Crippen LogP contribution in [0.25, 0.3) is 0 Å². The Hall–Kier alpha value is -0.700. The van der Waals surface area contributed by atoms with E-state index in [2.05, 4.69) is 9.44 Å². The number of carboxylic acids is 1. The summed E-state index contributed by atoms with van der Waals surface area (Å²) in [6, 6.07) is 0. The van der Waals surface area contributed by atoms with E-state index in [0.717, 1.165) is 12.8 Å². The van der Waals surface area contributed by atoms with Gasteiger partial charge >= 0.3 is 5.97 Å². The van der Waals surface area contributed by atoms with Gasteiger partial charge in [-0.15, -0.1) is 0 Å². The van der Waals surface area contributed by atoms with Gasteiger partial charge in [0.2, 0.25) is 0 Å². The molecular weight excluding hydrogens is 284 g/mol. The molecule has 1 atom stereocenters. The molecule has 3 N–H and O–H groups in total. The Bertz CT molecular complexity index is 359. The monoisotopic (exact) mass is 310 g/mol. The molecule has 0 aromatic carbocycles. The van der Waals surface area contributed by atoms with E-state index in [0.29, 0.717) is 26.0 Å². The number of aliphatic carboxylic acids is 1. The highest BCUT2D eigenvalue weighted by atomic mass is 32.2. The first-order valence-electron chi connectivity index (χ1n) is 6.86. The van der Waals surface area contributed by atoms with Crippen LogP contribution in [0, 0.1) is 5.92 Å². The Morgan fingerprint density at radius 2 is 1.85 bits per heavy atom. The van der Waals surface area contributed by atoms with Gasteiger partial charge in [-0.1, -0.05) is 19.8 Å². The molecule has 0 amide bonds. The Balaban J connectivity index is 3.99. The van der Waals surface area contributed by atoms with Gasteiger partial charge in [0.15, 0.2) is 0 Å². The van der Waals surface area contributed by atoms with E-state index in [9.17, 15) is 13.2 Å². The molecule has 0 aliphatic carbocycles. The number of hydrogen-bond acceptors (Lipinski definition) is 4. The van der Waals surface area contributed by atoms with Gasteiger partial charge in [-0.25, -0.2) is 4.72 Å². The zero-order valence-electron chi connectivity index (χ0n) is 12.2. The van der Waals surface area contributed by atoms with Gasteiger partial charge in [-0.05, 0) is 18.8 Å². The van der Waals surface area contributed by atoms with Gasteiger partial charge in [-0.2, -0.15) is 13.1 Å². The SMILES string of the molecule is CCCC(CCNS(=O)(=O)NCCOC)CCC(=O)O. The average molecular weight is 310 g/mol. The molecule has 0 saturated heterocycles. The molecule has 8 heteroatoms. The Morgan fingerprint density at radius 3 is 2.40 bits per heavy atom. The summed E-state index contributed by atoms with van der Waals surface area (Å²) in [5.41, 5.74) is 0. The van der Waals surface area contributed by atoms with E-state index in [1.807, 2.05) is 6.92 Å². The molecule has 0 fully saturated rings. The summed E-state index contributed by atoms with van der Waals surface area (Å²) in [6.07, 6.45) is 3.23. The van der Waals surface area contributed by atoms with Crippen molar-refractivity contribution in [1.29, 1.82) is 0 Å². The van der Waals surface area contributed by atoms with Gasteiger partial charge in [0.05, 0.1) is 6.61 Å². The van der Waals surface area contributed by atoms with Gasteiger partial charge in [0, 0.05) is 26.6 Å². The normalized spacial score (nSPS) is 13.3. The molecule has 7 nitrogen and oxygen atoms in total. The molecule has 0 aromatic rings. The van der Waals surface area contributed by atoms with Crippen LogP contribution in [0.3, 0.4) is 0 Å². The van der Waals surface area contributed by atoms with Crippen molar-refractivity contribution < 1.29 is 23.1 Å². The second-order valence-electron chi connectivity index (χ2n) is 4.66. The lowest BCUT2D eigenvalue weighted by Gasteiger charge is -2.15. The molecule has 0 radical (unpaired) electrons. The number of carbonyl (C=O) groups is 1. The molecule has 20 heavy (non-hydrogen) atoms. The Morgan fingerprint density at radius 1 is 1.20 bits per heavy atom. The lowest BCUT2D eigenvalue weighted by molar-refractivity contribution is -0.137. The Kier molecular flexibility index (Phi) is 10.6. The summed E-state index contributed by atoms with van der Waals surface area (Å²) in [6.45, 7) is 2.89. The number of methoxy groups -OCH3 is 1. The minimum absolute atomic E-state index is 0.128. The van der Waals surface area contributed by atoms with Crippen LogP contribution in [0.1, 0.15) is 39.0 Å². The maximum Gasteiger partial charge on any atom is 0.303 e. The fourth-order valence-electron chi connectivity index (χ4n) is 1.90. The molecule has 1 unspecified atom stereocenters. The second-order valence-corrected chi connectivity index (χ2v) is 6.24. The van der Waals surface area contributed by atoms with E-state index >= 15 is 0 Å². The molecule has 0 heterocycles. The quantitative estimate of drug-likeness (QED) is 0.435. The van der Waals surface area contributed by atoms with Crippen LogP contribution in [0.4, 0.5) is 0 Å². The smallest absolute Gasteiger partial charge is 0.303 e. The van der Waals surface area contributed by atoms with Crippen molar-refractivity contribution in [1.82, 2.24) is 9.44 Å². The zero-order valence-corrected chi connectivity index (χ0v) is 13.0. The van der Waals surface area contributed by atoms with Crippen molar-refractivity contribution >= 4 is 16.2 Å². The largest absolute Gasteiger partial charge is 0.481 e. The highest BCUT2D eigenvalue weighted by Gasteiger charge is 2.13. The van der Waals surface area contributed by atoms with E-state index in [4.69, 9.17) is 9.84 Å². The number of nitrogens with one attached hydrogen (secondary N) is 2. The van der Waals surface area contributed by atoms with Crippen molar-refractivity contribution in [2.24, 2.45) is 5.92 Å². The van der Waals surface area contributed by atoms with E-state index < -0.39 is 16.2 Å². The van der Waals surface area contributed by atoms with Crippen LogP contribution in [-0.4, -0.2) is 46.3 Å². The van der Waals surface area contributed by atoms with Crippen molar-refractivity contribution in [2.75, 3.05) is 26.8 Å². The lowest BCUT2D eigenvalue weighted by Crippen LogP contribution is -2.39. The molecule has 0 rings (SSSR count). The molecule has 0 aliphatic rings. The number of rotatable bonds is 13. The predicted molar refractivity (Wildman–Crippen MR) is 76.7 cm³/mol. The average Bonchev–Trinajstić information content (AvgIpc) is 2.35. The van der Waals surface area contributed by atoms with E-state index in [-0.39, 0.29) is 18.9 Å². The third-order valence-electron chi connectivity index (χ3n) is 2.91. The van der Waals surface area contributed by atoms with Crippen LogP contribution in [-0.2, 0) is 19.7 Å². The highest BCUT2D eigenvalue weighted by molar-refractivity contribution is 7.87. The fourth-order valence-corrected chi connectivity index (χ4v) is 2.74. The molecule has 0 bridgehead atoms. The molecule has 0 aliphatic heterocycles. The summed E-state index contributed by atoms with van der Waals surface area (Å²) in [5, 5.41) is 8.67. The molecule has 120 valence electrons. The molecule has 0 aromatic heterocycles. The fraction of sp³-hybridized carbons (Fsp3) is 0.917. The first-order valence-corrected chi connectivity index (χ1v) is 8.34. The summed E-state index contributed by atoms with van der Waals surface area (Å²) in [7, 11) is -1.99. The topological polar surface area (TPSA) is 105 Å². The van der Waals surface area contributed by atoms with Crippen molar-refractivity contribution in [3.05, 3.63) is 0 Å². The third kappa shape index (κ3) is 11.2. The maximum absolute atomic E-state index is 11.5. The predicted octanol–water partition coefficient (Wildman–Crippen LogP) is 0.728. The van der Waals surface area contributed by atoms with Gasteiger partial charge in [0.1, 0.15) is 0 Å². The highest BCUT2D eigenvalue weighted by Crippen LogP contribution is 2.17. The van der Waals surface area contributed by atoms with Crippen molar-refractivity contribution in [3.63, 3.8) is 0 Å². The number of hydrogen-bond donors (Lipinski definition) is 3. The summed E-state index contributed by atoms with van der Waals surface area (Å²) < 4.78 is 32.6. The summed E-state index contributed by atoms with van der Waals surface area (Å²) in [4.78, 5) is 10.6. The number of carboxylic acid groups (broad SMARTS) is 1. The van der Waals surface area contributed by atoms with E-state index in [1.54, 1.807) is 0 Å². The molecule has 0 saturated carbocycles. The first-order chi connectivity index (χ1) is 9.41. The molecular formula is C12H26N2O5S. The van der Waals surface area contributed by atoms with Gasteiger partial charge < -0.3 is 9.84 Å². The van der Waals surface area contributed by atoms with Gasteiger partial charge in [-0.3, -0.25) is 4.79 Å². The zero-order chi connectivity index (χ0) is 15.4. The first kappa shape index (κ1) is 19.3. The van der Waals surface area contributed by atoms with Crippen molar-refractivity contribution in [3.8, 4) is 0 Å². The van der Waals surface area contributed by atoms with Crippen LogP contribution in [0.5, 0.6) is 0 Å². The van der Waals surface area contributed by atoms with Crippen LogP contribution < -0.4 is 9.44 Å². The maximum atomic E-state index is 11.5. The van der Waals surface area contributed by atoms with Crippen molar-refractivity contribution in [2.45, 2.75) is 39.0 Å². The minimum Gasteiger partial charge on any atom is -0.481 e. The Labute approximate surface area is 121 Å². The van der Waals surface area contributed by atoms with Gasteiger partial charge in [0.25, 0.3) is 10.2 Å². The third-order valence-corrected chi connectivity index (χ3v) is 4.07. The summed E-state index contributed by atoms with van der Waals surface area (Å²) >= 11 is 0. The van der Waals surface area contributed by atoms with Crippen LogP contribution in [0.2, 0.25) is 0 Å². The summed E-state index contributed by atoms with van der Waals surface area (Å²) in [5.74, 6) is -0.578. The van der Waals surface area contributed by atoms with Crippen LogP contribution >= 0.6 is 0 Å². The minimum atomic E-state index is -3.49.